The maximum Gasteiger partial charge on any atom is 0.251 e. The lowest BCUT2D eigenvalue weighted by Gasteiger charge is -2.16. The van der Waals surface area contributed by atoms with Gasteiger partial charge in [0.05, 0.1) is 10.9 Å². The first-order valence-electron chi connectivity index (χ1n) is 8.54. The third kappa shape index (κ3) is 4.09. The van der Waals surface area contributed by atoms with E-state index in [4.69, 9.17) is 11.6 Å². The Labute approximate surface area is 159 Å². The maximum atomic E-state index is 12.5. The summed E-state index contributed by atoms with van der Waals surface area (Å²) in [5.41, 5.74) is 1.36. The number of hydrogen-bond acceptors (Lipinski definition) is 3. The molecular weight excluding hydrogens is 372 g/mol. The average Bonchev–Trinajstić information content (AvgIpc) is 3.18. The van der Waals surface area contributed by atoms with Crippen LogP contribution in [0.3, 0.4) is 0 Å². The van der Waals surface area contributed by atoms with Crippen molar-refractivity contribution in [2.45, 2.75) is 30.7 Å². The first-order chi connectivity index (χ1) is 12.4. The molecule has 0 radical (unpaired) electrons. The van der Waals surface area contributed by atoms with Gasteiger partial charge in [-0.2, -0.15) is 4.31 Å². The van der Waals surface area contributed by atoms with Gasteiger partial charge in [-0.15, -0.1) is 0 Å². The molecule has 1 fully saturated rings. The van der Waals surface area contributed by atoms with Gasteiger partial charge in [0.15, 0.2) is 0 Å². The number of carbonyl (C=O) groups excluding carboxylic acids is 1. The summed E-state index contributed by atoms with van der Waals surface area (Å²) < 4.78 is 26.5. The predicted octanol–water partition coefficient (Wildman–Crippen LogP) is 3.62. The number of halogens is 1. The first kappa shape index (κ1) is 18.9. The van der Waals surface area contributed by atoms with E-state index in [1.54, 1.807) is 24.3 Å². The second-order valence-electron chi connectivity index (χ2n) is 6.38. The molecule has 138 valence electrons. The van der Waals surface area contributed by atoms with Gasteiger partial charge in [0.2, 0.25) is 10.0 Å². The van der Waals surface area contributed by atoms with Gasteiger partial charge in [-0.1, -0.05) is 23.7 Å². The monoisotopic (exact) mass is 392 g/mol. The normalized spacial score (nSPS) is 16.4. The molecule has 1 atom stereocenters. The van der Waals surface area contributed by atoms with Crippen LogP contribution in [-0.2, 0) is 10.0 Å². The van der Waals surface area contributed by atoms with Gasteiger partial charge in [-0.05, 0) is 61.7 Å². The summed E-state index contributed by atoms with van der Waals surface area (Å²) in [6.07, 6.45) is 1.78. The van der Waals surface area contributed by atoms with E-state index in [0.717, 1.165) is 18.4 Å². The molecule has 0 aliphatic carbocycles. The Bertz CT molecular complexity index is 874. The van der Waals surface area contributed by atoms with Crippen LogP contribution in [0.5, 0.6) is 0 Å². The third-order valence-electron chi connectivity index (χ3n) is 4.54. The molecular formula is C19H21ClN2O3S. The molecule has 26 heavy (non-hydrogen) atoms. The molecule has 0 unspecified atom stereocenters. The molecule has 1 aliphatic rings. The second kappa shape index (κ2) is 7.78. The standard InChI is InChI=1S/C19H21ClN2O3S/c1-14(15-4-8-17(20)9-5-15)21-19(23)16-6-10-18(11-7-16)26(24,25)22-12-2-3-13-22/h4-11,14H,2-3,12-13H2,1H3,(H,21,23)/t14-/m1/s1. The predicted molar refractivity (Wildman–Crippen MR) is 102 cm³/mol. The van der Waals surface area contributed by atoms with E-state index in [0.29, 0.717) is 23.7 Å². The van der Waals surface area contributed by atoms with Crippen molar-refractivity contribution in [3.63, 3.8) is 0 Å². The Morgan fingerprint density at radius 3 is 2.19 bits per heavy atom. The van der Waals surface area contributed by atoms with Crippen LogP contribution >= 0.6 is 11.6 Å². The molecule has 1 aliphatic heterocycles. The summed E-state index contributed by atoms with van der Waals surface area (Å²) in [4.78, 5) is 12.6. The molecule has 1 heterocycles. The number of sulfonamides is 1. The van der Waals surface area contributed by atoms with Crippen molar-refractivity contribution >= 4 is 27.5 Å². The maximum absolute atomic E-state index is 12.5. The molecule has 0 saturated carbocycles. The van der Waals surface area contributed by atoms with Gasteiger partial charge in [-0.25, -0.2) is 8.42 Å². The summed E-state index contributed by atoms with van der Waals surface area (Å²) in [6, 6.07) is 13.2. The summed E-state index contributed by atoms with van der Waals surface area (Å²) in [7, 11) is -3.46. The quantitative estimate of drug-likeness (QED) is 0.845. The van der Waals surface area contributed by atoms with Crippen LogP contribution < -0.4 is 5.32 Å². The fourth-order valence-corrected chi connectivity index (χ4v) is 4.61. The highest BCUT2D eigenvalue weighted by Crippen LogP contribution is 2.21. The number of nitrogens with zero attached hydrogens (tertiary/aromatic N) is 1. The minimum Gasteiger partial charge on any atom is -0.346 e. The molecule has 1 saturated heterocycles. The van der Waals surface area contributed by atoms with E-state index < -0.39 is 10.0 Å². The van der Waals surface area contributed by atoms with E-state index in [2.05, 4.69) is 5.32 Å². The van der Waals surface area contributed by atoms with Gasteiger partial charge in [0.1, 0.15) is 0 Å². The molecule has 3 rings (SSSR count). The molecule has 2 aromatic rings. The summed E-state index contributed by atoms with van der Waals surface area (Å²) in [5.74, 6) is -0.252. The molecule has 1 amide bonds. The summed E-state index contributed by atoms with van der Waals surface area (Å²) in [5, 5.41) is 3.54. The van der Waals surface area contributed by atoms with Crippen molar-refractivity contribution in [1.82, 2.24) is 9.62 Å². The minimum absolute atomic E-state index is 0.187. The van der Waals surface area contributed by atoms with Gasteiger partial charge >= 0.3 is 0 Å². The Kier molecular flexibility index (Phi) is 5.65. The average molecular weight is 393 g/mol. The molecule has 1 N–H and O–H groups in total. The van der Waals surface area contributed by atoms with Gasteiger partial charge in [-0.3, -0.25) is 4.79 Å². The number of benzene rings is 2. The largest absolute Gasteiger partial charge is 0.346 e. The van der Waals surface area contributed by atoms with Crippen molar-refractivity contribution < 1.29 is 13.2 Å². The lowest BCUT2D eigenvalue weighted by Crippen LogP contribution is -2.28. The van der Waals surface area contributed by atoms with Crippen molar-refractivity contribution in [3.05, 3.63) is 64.7 Å². The lowest BCUT2D eigenvalue weighted by molar-refractivity contribution is 0.0940. The van der Waals surface area contributed by atoms with E-state index in [9.17, 15) is 13.2 Å². The minimum atomic E-state index is -3.46. The highest BCUT2D eigenvalue weighted by atomic mass is 35.5. The second-order valence-corrected chi connectivity index (χ2v) is 8.76. The van der Waals surface area contributed by atoms with Crippen molar-refractivity contribution in [3.8, 4) is 0 Å². The van der Waals surface area contributed by atoms with Crippen LogP contribution in [0.2, 0.25) is 5.02 Å². The van der Waals surface area contributed by atoms with Crippen LogP contribution in [0.4, 0.5) is 0 Å². The highest BCUT2D eigenvalue weighted by molar-refractivity contribution is 7.89. The summed E-state index contributed by atoms with van der Waals surface area (Å²) in [6.45, 7) is 3.00. The number of carbonyl (C=O) groups is 1. The topological polar surface area (TPSA) is 66.5 Å². The van der Waals surface area contributed by atoms with Gasteiger partial charge in [0, 0.05) is 23.7 Å². The lowest BCUT2D eigenvalue weighted by atomic mass is 10.1. The van der Waals surface area contributed by atoms with E-state index in [-0.39, 0.29) is 16.8 Å². The van der Waals surface area contributed by atoms with Gasteiger partial charge in [0.25, 0.3) is 5.91 Å². The van der Waals surface area contributed by atoms with Crippen LogP contribution in [-0.4, -0.2) is 31.7 Å². The SMILES string of the molecule is C[C@@H](NC(=O)c1ccc(S(=O)(=O)N2CCCC2)cc1)c1ccc(Cl)cc1. The van der Waals surface area contributed by atoms with E-state index >= 15 is 0 Å². The zero-order valence-corrected chi connectivity index (χ0v) is 16.1. The molecule has 0 spiro atoms. The number of amides is 1. The van der Waals surface area contributed by atoms with Crippen LogP contribution in [0.15, 0.2) is 53.4 Å². The molecule has 0 aromatic heterocycles. The van der Waals surface area contributed by atoms with Crippen molar-refractivity contribution in [2.24, 2.45) is 0 Å². The van der Waals surface area contributed by atoms with Crippen molar-refractivity contribution in [2.75, 3.05) is 13.1 Å². The van der Waals surface area contributed by atoms with E-state index in [1.807, 2.05) is 19.1 Å². The fourth-order valence-electron chi connectivity index (χ4n) is 2.97. The van der Waals surface area contributed by atoms with Crippen LogP contribution in [0, 0.1) is 0 Å². The van der Waals surface area contributed by atoms with Crippen LogP contribution in [0.1, 0.15) is 41.7 Å². The Hall–Kier alpha value is -1.89. The number of rotatable bonds is 5. The Balaban J connectivity index is 1.69. The third-order valence-corrected chi connectivity index (χ3v) is 6.70. The van der Waals surface area contributed by atoms with Crippen LogP contribution in [0.25, 0.3) is 0 Å². The number of hydrogen-bond donors (Lipinski definition) is 1. The van der Waals surface area contributed by atoms with Gasteiger partial charge < -0.3 is 5.32 Å². The smallest absolute Gasteiger partial charge is 0.251 e. The Morgan fingerprint density at radius 1 is 1.04 bits per heavy atom. The zero-order chi connectivity index (χ0) is 18.7. The first-order valence-corrected chi connectivity index (χ1v) is 10.4. The molecule has 2 aromatic carbocycles. The summed E-state index contributed by atoms with van der Waals surface area (Å²) >= 11 is 5.88. The number of nitrogens with one attached hydrogen (secondary N) is 1. The molecule has 5 nitrogen and oxygen atoms in total. The molecule has 7 heteroatoms. The highest BCUT2D eigenvalue weighted by Gasteiger charge is 2.27. The van der Waals surface area contributed by atoms with E-state index in [1.165, 1.54) is 16.4 Å². The van der Waals surface area contributed by atoms with Crippen molar-refractivity contribution in [1.29, 1.82) is 0 Å². The fraction of sp³-hybridized carbons (Fsp3) is 0.316. The zero-order valence-electron chi connectivity index (χ0n) is 14.5. The Morgan fingerprint density at radius 2 is 1.62 bits per heavy atom. The molecule has 0 bridgehead atoms.